The van der Waals surface area contributed by atoms with Crippen molar-refractivity contribution >= 4 is 26.5 Å². The summed E-state index contributed by atoms with van der Waals surface area (Å²) in [6.07, 6.45) is 5.30. The van der Waals surface area contributed by atoms with Gasteiger partial charge in [-0.15, -0.1) is 0 Å². The molecule has 0 fully saturated rings. The highest BCUT2D eigenvalue weighted by atomic mass is 127. The number of halogens is 1. The number of nitrogens with one attached hydrogen (secondary N) is 1. The molecule has 0 unspecified atom stereocenters. The molecule has 1 aromatic heterocycles. The van der Waals surface area contributed by atoms with Crippen molar-refractivity contribution in [1.29, 1.82) is 0 Å². The van der Waals surface area contributed by atoms with Crippen LogP contribution in [0.2, 0.25) is 0 Å². The molecule has 0 spiro atoms. The number of carbonyl (C=O) groups excluding carboxylic acids is 1. The van der Waals surface area contributed by atoms with Gasteiger partial charge in [-0.25, -0.2) is 4.98 Å². The van der Waals surface area contributed by atoms with Gasteiger partial charge in [0.05, 0.1) is 6.33 Å². The van der Waals surface area contributed by atoms with Crippen molar-refractivity contribution in [2.45, 2.75) is 6.54 Å². The second-order valence-corrected chi connectivity index (χ2v) is 2.98. The molecule has 1 heterocycles. The number of hydrogen-bond acceptors (Lipinski definition) is 2. The van der Waals surface area contributed by atoms with Crippen molar-refractivity contribution in [3.05, 3.63) is 18.7 Å². The number of nitrogens with zero attached hydrogens (tertiary/aromatic N) is 2. The minimum atomic E-state index is -0.0253. The molecule has 1 aromatic rings. The lowest BCUT2D eigenvalue weighted by Gasteiger charge is -2.00. The van der Waals surface area contributed by atoms with E-state index in [-0.39, 0.29) is 3.91 Å². The number of imidazole rings is 1. The molecule has 0 bridgehead atoms. The minimum absolute atomic E-state index is 0.0253. The third-order valence-electron chi connectivity index (χ3n) is 1.19. The van der Waals surface area contributed by atoms with Crippen LogP contribution in [0.4, 0.5) is 4.79 Å². The third-order valence-corrected chi connectivity index (χ3v) is 1.57. The van der Waals surface area contributed by atoms with Crippen molar-refractivity contribution in [1.82, 2.24) is 14.9 Å². The van der Waals surface area contributed by atoms with Crippen LogP contribution in [0.25, 0.3) is 0 Å². The first-order valence-corrected chi connectivity index (χ1v) is 4.26. The summed E-state index contributed by atoms with van der Waals surface area (Å²) in [4.78, 5) is 14.3. The van der Waals surface area contributed by atoms with Crippen LogP contribution in [0.15, 0.2) is 18.7 Å². The van der Waals surface area contributed by atoms with Gasteiger partial charge in [-0.3, -0.25) is 4.79 Å². The van der Waals surface area contributed by atoms with Gasteiger partial charge < -0.3 is 9.88 Å². The molecule has 0 radical (unpaired) electrons. The summed E-state index contributed by atoms with van der Waals surface area (Å²) in [5, 5.41) is 2.68. The summed E-state index contributed by atoms with van der Waals surface area (Å²) >= 11 is 1.71. The van der Waals surface area contributed by atoms with E-state index in [0.29, 0.717) is 6.54 Å². The fourth-order valence-corrected chi connectivity index (χ4v) is 0.972. The smallest absolute Gasteiger partial charge is 0.280 e. The van der Waals surface area contributed by atoms with E-state index in [1.165, 1.54) is 0 Å². The average Bonchev–Trinajstić information content (AvgIpc) is 2.39. The van der Waals surface area contributed by atoms with E-state index in [4.69, 9.17) is 0 Å². The third kappa shape index (κ3) is 3.35. The lowest BCUT2D eigenvalue weighted by Crippen LogP contribution is -2.20. The Bertz CT molecular complexity index is 222. The van der Waals surface area contributed by atoms with Crippen molar-refractivity contribution in [2.24, 2.45) is 0 Å². The Balaban J connectivity index is 2.19. The van der Waals surface area contributed by atoms with Crippen LogP contribution < -0.4 is 5.32 Å². The number of hydrogen-bond donors (Lipinski definition) is 1. The fourth-order valence-electron chi connectivity index (χ4n) is 0.702. The lowest BCUT2D eigenvalue weighted by molar-refractivity contribution is 0.262. The van der Waals surface area contributed by atoms with Gasteiger partial charge >= 0.3 is 0 Å². The van der Waals surface area contributed by atoms with Gasteiger partial charge in [-0.1, -0.05) is 0 Å². The van der Waals surface area contributed by atoms with E-state index in [9.17, 15) is 4.79 Å². The maximum atomic E-state index is 10.4. The molecule has 4 nitrogen and oxygen atoms in total. The molecule has 1 amide bonds. The fraction of sp³-hybridized carbons (Fsp3) is 0.333. The second-order valence-electron chi connectivity index (χ2n) is 2.00. The highest BCUT2D eigenvalue weighted by Crippen LogP contribution is 1.86. The SMILES string of the molecule is O=C(I)NCCn1ccnc1. The summed E-state index contributed by atoms with van der Waals surface area (Å²) in [7, 11) is 0. The van der Waals surface area contributed by atoms with E-state index in [0.717, 1.165) is 6.54 Å². The van der Waals surface area contributed by atoms with Crippen molar-refractivity contribution < 1.29 is 4.79 Å². The largest absolute Gasteiger partial charge is 0.346 e. The predicted molar refractivity (Wildman–Crippen MR) is 49.6 cm³/mol. The van der Waals surface area contributed by atoms with Gasteiger partial charge in [0, 0.05) is 48.1 Å². The molecule has 0 aromatic carbocycles. The Kier molecular flexibility index (Phi) is 3.34. The molecular formula is C6H8IN3O. The maximum absolute atomic E-state index is 10.4. The number of rotatable bonds is 3. The zero-order valence-electron chi connectivity index (χ0n) is 5.83. The van der Waals surface area contributed by atoms with Crippen LogP contribution in [0.5, 0.6) is 0 Å². The van der Waals surface area contributed by atoms with Gasteiger partial charge in [0.25, 0.3) is 3.91 Å². The van der Waals surface area contributed by atoms with Gasteiger partial charge in [-0.05, 0) is 0 Å². The van der Waals surface area contributed by atoms with Gasteiger partial charge in [0.2, 0.25) is 0 Å². The normalized spacial score (nSPS) is 9.55. The van der Waals surface area contributed by atoms with E-state index < -0.39 is 0 Å². The van der Waals surface area contributed by atoms with Crippen LogP contribution in [-0.2, 0) is 6.54 Å². The summed E-state index contributed by atoms with van der Waals surface area (Å²) in [5.41, 5.74) is 0. The minimum Gasteiger partial charge on any atom is -0.346 e. The Labute approximate surface area is 78.1 Å². The zero-order chi connectivity index (χ0) is 8.10. The second kappa shape index (κ2) is 4.32. The van der Waals surface area contributed by atoms with Crippen LogP contribution in [0.1, 0.15) is 0 Å². The molecule has 0 atom stereocenters. The Morgan fingerprint density at radius 3 is 3.09 bits per heavy atom. The van der Waals surface area contributed by atoms with Crippen LogP contribution >= 0.6 is 22.6 Å². The van der Waals surface area contributed by atoms with Crippen molar-refractivity contribution in [2.75, 3.05) is 6.54 Å². The van der Waals surface area contributed by atoms with E-state index >= 15 is 0 Å². The first-order valence-electron chi connectivity index (χ1n) is 3.18. The number of aromatic nitrogens is 2. The Morgan fingerprint density at radius 2 is 2.55 bits per heavy atom. The molecule has 1 N–H and O–H groups in total. The van der Waals surface area contributed by atoms with E-state index in [2.05, 4.69) is 10.3 Å². The Hall–Kier alpha value is -0.590. The zero-order valence-corrected chi connectivity index (χ0v) is 7.98. The molecule has 0 aliphatic rings. The average molecular weight is 265 g/mol. The van der Waals surface area contributed by atoms with Gasteiger partial charge in [0.15, 0.2) is 0 Å². The molecule has 0 aliphatic carbocycles. The summed E-state index contributed by atoms with van der Waals surface area (Å²) in [6, 6.07) is 0. The Morgan fingerprint density at radius 1 is 1.73 bits per heavy atom. The first-order chi connectivity index (χ1) is 5.29. The van der Waals surface area contributed by atoms with Crippen molar-refractivity contribution in [3.63, 3.8) is 0 Å². The summed E-state index contributed by atoms with van der Waals surface area (Å²) < 4.78 is 1.88. The highest BCUT2D eigenvalue weighted by molar-refractivity contribution is 14.1. The molecule has 60 valence electrons. The lowest BCUT2D eigenvalue weighted by atomic mass is 10.6. The highest BCUT2D eigenvalue weighted by Gasteiger charge is 1.91. The van der Waals surface area contributed by atoms with E-state index in [1.807, 2.05) is 10.8 Å². The van der Waals surface area contributed by atoms with Crippen LogP contribution in [0, 0.1) is 0 Å². The van der Waals surface area contributed by atoms with Crippen LogP contribution in [0.3, 0.4) is 0 Å². The molecule has 11 heavy (non-hydrogen) atoms. The number of amides is 1. The van der Waals surface area contributed by atoms with Crippen LogP contribution in [-0.4, -0.2) is 20.0 Å². The maximum Gasteiger partial charge on any atom is 0.280 e. The summed E-state index contributed by atoms with van der Waals surface area (Å²) in [6.45, 7) is 1.42. The quantitative estimate of drug-likeness (QED) is 0.504. The predicted octanol–water partition coefficient (Wildman–Crippen LogP) is 1.03. The van der Waals surface area contributed by atoms with Gasteiger partial charge in [0.1, 0.15) is 0 Å². The van der Waals surface area contributed by atoms with E-state index in [1.54, 1.807) is 35.1 Å². The number of carbonyl (C=O) groups is 1. The topological polar surface area (TPSA) is 46.9 Å². The molecule has 0 saturated heterocycles. The molecule has 1 rings (SSSR count). The van der Waals surface area contributed by atoms with Gasteiger partial charge in [-0.2, -0.15) is 0 Å². The van der Waals surface area contributed by atoms with Crippen molar-refractivity contribution in [3.8, 4) is 0 Å². The standard InChI is InChI=1S/C6H8IN3O/c7-6(11)9-2-4-10-3-1-8-5-10/h1,3,5H,2,4H2,(H,9,11). The first kappa shape index (κ1) is 8.51. The monoisotopic (exact) mass is 265 g/mol. The molecule has 5 heteroatoms. The molecular weight excluding hydrogens is 257 g/mol. The summed E-state index contributed by atoms with van der Waals surface area (Å²) in [5.74, 6) is 0. The molecule has 0 aliphatic heterocycles. The molecule has 0 saturated carbocycles.